The summed E-state index contributed by atoms with van der Waals surface area (Å²) in [4.78, 5) is 12.9. The Morgan fingerprint density at radius 2 is 2.26 bits per heavy atom. The van der Waals surface area contributed by atoms with Crippen molar-refractivity contribution in [3.8, 4) is 5.88 Å². The number of thiophene rings is 1. The number of aryl methyl sites for hydroxylation is 1. The first-order chi connectivity index (χ1) is 9.13. The number of hydrogen-bond donors (Lipinski definition) is 1. The van der Waals surface area contributed by atoms with Gasteiger partial charge in [0.15, 0.2) is 0 Å². The molecule has 19 heavy (non-hydrogen) atoms. The lowest BCUT2D eigenvalue weighted by Crippen LogP contribution is -2.26. The van der Waals surface area contributed by atoms with E-state index in [1.54, 1.807) is 11.3 Å². The van der Waals surface area contributed by atoms with Crippen LogP contribution in [0, 0.1) is 6.92 Å². The van der Waals surface area contributed by atoms with E-state index in [0.717, 1.165) is 22.8 Å². The van der Waals surface area contributed by atoms with Crippen LogP contribution >= 0.6 is 11.3 Å². The molecule has 1 fully saturated rings. The van der Waals surface area contributed by atoms with Crippen LogP contribution in [0.15, 0.2) is 6.07 Å². The number of nitrogens with zero attached hydrogens (tertiary/aromatic N) is 3. The minimum absolute atomic E-state index is 0.278. The quantitative estimate of drug-likeness (QED) is 0.907. The van der Waals surface area contributed by atoms with Crippen molar-refractivity contribution in [3.63, 3.8) is 0 Å². The standard InChI is InChI=1S/C13H18N4OS/c1-8-7-10-11(15-13(14)16-12(10)19-8)18-6-5-17(2)9-3-4-9/h7,9H,3-6H2,1-2H3,(H2,14,15,16). The van der Waals surface area contributed by atoms with Gasteiger partial charge >= 0.3 is 0 Å². The van der Waals surface area contributed by atoms with Crippen LogP contribution < -0.4 is 10.5 Å². The van der Waals surface area contributed by atoms with E-state index in [-0.39, 0.29) is 5.95 Å². The number of likely N-dealkylation sites (N-methyl/N-ethyl adjacent to an activating group) is 1. The average Bonchev–Trinajstić information content (AvgIpc) is 3.12. The van der Waals surface area contributed by atoms with Gasteiger partial charge in [0, 0.05) is 17.5 Å². The lowest BCUT2D eigenvalue weighted by molar-refractivity contribution is 0.228. The van der Waals surface area contributed by atoms with Crippen LogP contribution in [0.3, 0.4) is 0 Å². The topological polar surface area (TPSA) is 64.3 Å². The summed E-state index contributed by atoms with van der Waals surface area (Å²) in [6.07, 6.45) is 2.62. The van der Waals surface area contributed by atoms with E-state index in [2.05, 4.69) is 28.0 Å². The van der Waals surface area contributed by atoms with Gasteiger partial charge in [-0.05, 0) is 32.9 Å². The molecule has 5 nitrogen and oxygen atoms in total. The number of nitrogens with two attached hydrogens (primary N) is 1. The molecule has 1 aliphatic rings. The predicted molar refractivity (Wildman–Crippen MR) is 77.7 cm³/mol. The molecule has 0 bridgehead atoms. The Morgan fingerprint density at radius 1 is 1.47 bits per heavy atom. The Balaban J connectivity index is 1.72. The molecular formula is C13H18N4OS. The van der Waals surface area contributed by atoms with Crippen molar-refractivity contribution in [2.75, 3.05) is 25.9 Å². The number of ether oxygens (including phenoxy) is 1. The average molecular weight is 278 g/mol. The van der Waals surface area contributed by atoms with Crippen molar-refractivity contribution in [1.29, 1.82) is 0 Å². The van der Waals surface area contributed by atoms with Gasteiger partial charge < -0.3 is 15.4 Å². The van der Waals surface area contributed by atoms with Gasteiger partial charge in [0.05, 0.1) is 5.39 Å². The fourth-order valence-electron chi connectivity index (χ4n) is 2.13. The molecule has 6 heteroatoms. The van der Waals surface area contributed by atoms with Gasteiger partial charge in [-0.2, -0.15) is 4.98 Å². The van der Waals surface area contributed by atoms with Gasteiger partial charge in [0.2, 0.25) is 11.8 Å². The van der Waals surface area contributed by atoms with Crippen LogP contribution in [0.4, 0.5) is 5.95 Å². The van der Waals surface area contributed by atoms with Crippen LogP contribution in [-0.2, 0) is 0 Å². The van der Waals surface area contributed by atoms with Gasteiger partial charge in [-0.1, -0.05) is 0 Å². The summed E-state index contributed by atoms with van der Waals surface area (Å²) in [5.41, 5.74) is 5.72. The maximum atomic E-state index is 5.80. The molecule has 2 N–H and O–H groups in total. The highest BCUT2D eigenvalue weighted by atomic mass is 32.1. The highest BCUT2D eigenvalue weighted by Crippen LogP contribution is 2.30. The molecule has 0 saturated heterocycles. The smallest absolute Gasteiger partial charge is 0.227 e. The summed E-state index contributed by atoms with van der Waals surface area (Å²) in [7, 11) is 2.14. The van der Waals surface area contributed by atoms with Crippen LogP contribution in [0.25, 0.3) is 10.2 Å². The summed E-state index contributed by atoms with van der Waals surface area (Å²) in [6.45, 7) is 3.60. The largest absolute Gasteiger partial charge is 0.476 e. The van der Waals surface area contributed by atoms with Gasteiger partial charge in [-0.15, -0.1) is 11.3 Å². The van der Waals surface area contributed by atoms with Crippen LogP contribution in [0.1, 0.15) is 17.7 Å². The zero-order valence-corrected chi connectivity index (χ0v) is 12.0. The molecule has 1 saturated carbocycles. The van der Waals surface area contributed by atoms with Crippen molar-refractivity contribution in [3.05, 3.63) is 10.9 Å². The number of hydrogen-bond acceptors (Lipinski definition) is 6. The van der Waals surface area contributed by atoms with Gasteiger partial charge in [0.1, 0.15) is 11.4 Å². The fraction of sp³-hybridized carbons (Fsp3) is 0.538. The molecule has 0 atom stereocenters. The summed E-state index contributed by atoms with van der Waals surface area (Å²) < 4.78 is 5.80. The Labute approximate surface area is 116 Å². The Bertz CT molecular complexity index is 594. The van der Waals surface area contributed by atoms with Crippen molar-refractivity contribution in [2.24, 2.45) is 0 Å². The molecular weight excluding hydrogens is 260 g/mol. The van der Waals surface area contributed by atoms with Crippen LogP contribution in [0.5, 0.6) is 5.88 Å². The molecule has 0 spiro atoms. The van der Waals surface area contributed by atoms with E-state index in [1.807, 2.05) is 6.92 Å². The van der Waals surface area contributed by atoms with E-state index in [4.69, 9.17) is 10.5 Å². The molecule has 0 aromatic carbocycles. The van der Waals surface area contributed by atoms with Gasteiger partial charge in [0.25, 0.3) is 0 Å². The normalized spacial score (nSPS) is 15.3. The molecule has 102 valence electrons. The van der Waals surface area contributed by atoms with Gasteiger partial charge in [-0.3, -0.25) is 0 Å². The highest BCUT2D eigenvalue weighted by Gasteiger charge is 2.25. The number of aromatic nitrogens is 2. The highest BCUT2D eigenvalue weighted by molar-refractivity contribution is 7.18. The first kappa shape index (κ1) is 12.6. The summed E-state index contributed by atoms with van der Waals surface area (Å²) in [5, 5.41) is 0.964. The summed E-state index contributed by atoms with van der Waals surface area (Å²) in [5.74, 6) is 0.885. The third-order valence-electron chi connectivity index (χ3n) is 3.35. The monoisotopic (exact) mass is 278 g/mol. The third kappa shape index (κ3) is 2.79. The molecule has 0 unspecified atom stereocenters. The number of anilines is 1. The minimum atomic E-state index is 0.278. The second-order valence-electron chi connectivity index (χ2n) is 5.02. The molecule has 2 aromatic heterocycles. The molecule has 1 aliphatic carbocycles. The molecule has 2 aromatic rings. The van der Waals surface area contributed by atoms with Crippen LogP contribution in [-0.4, -0.2) is 41.1 Å². The van der Waals surface area contributed by atoms with E-state index in [1.165, 1.54) is 17.7 Å². The second-order valence-corrected chi connectivity index (χ2v) is 6.26. The predicted octanol–water partition coefficient (Wildman–Crippen LogP) is 2.05. The zero-order chi connectivity index (χ0) is 13.4. The van der Waals surface area contributed by atoms with Crippen molar-refractivity contribution < 1.29 is 4.74 Å². The Kier molecular flexibility index (Phi) is 3.28. The van der Waals surface area contributed by atoms with E-state index < -0.39 is 0 Å². The minimum Gasteiger partial charge on any atom is -0.476 e. The molecule has 2 heterocycles. The zero-order valence-electron chi connectivity index (χ0n) is 11.2. The SMILES string of the molecule is Cc1cc2c(OCCN(C)C3CC3)nc(N)nc2s1. The Hall–Kier alpha value is -1.40. The number of fused-ring (bicyclic) bond motifs is 1. The van der Waals surface area contributed by atoms with Gasteiger partial charge in [-0.25, -0.2) is 4.98 Å². The molecule has 0 aliphatic heterocycles. The number of nitrogen functional groups attached to an aromatic ring is 1. The van der Waals surface area contributed by atoms with Crippen molar-refractivity contribution in [1.82, 2.24) is 14.9 Å². The first-order valence-corrected chi connectivity index (χ1v) is 7.32. The molecule has 0 radical (unpaired) electrons. The fourth-order valence-corrected chi connectivity index (χ4v) is 3.00. The maximum absolute atomic E-state index is 5.80. The van der Waals surface area contributed by atoms with Crippen molar-refractivity contribution >= 4 is 27.5 Å². The second kappa shape index (κ2) is 4.94. The lowest BCUT2D eigenvalue weighted by atomic mass is 10.3. The van der Waals surface area contributed by atoms with Crippen molar-refractivity contribution in [2.45, 2.75) is 25.8 Å². The molecule has 0 amide bonds. The summed E-state index contributed by atoms with van der Waals surface area (Å²) >= 11 is 1.61. The van der Waals surface area contributed by atoms with Crippen LogP contribution in [0.2, 0.25) is 0 Å². The van der Waals surface area contributed by atoms with E-state index >= 15 is 0 Å². The first-order valence-electron chi connectivity index (χ1n) is 6.50. The lowest BCUT2D eigenvalue weighted by Gasteiger charge is -2.15. The molecule has 3 rings (SSSR count). The third-order valence-corrected chi connectivity index (χ3v) is 4.30. The Morgan fingerprint density at radius 3 is 3.00 bits per heavy atom. The van der Waals surface area contributed by atoms with E-state index in [9.17, 15) is 0 Å². The summed E-state index contributed by atoms with van der Waals surface area (Å²) in [6, 6.07) is 2.81. The van der Waals surface area contributed by atoms with E-state index in [0.29, 0.717) is 12.5 Å². The number of rotatable bonds is 5. The maximum Gasteiger partial charge on any atom is 0.227 e.